The van der Waals surface area contributed by atoms with Gasteiger partial charge in [-0.3, -0.25) is 9.69 Å². The number of sulfonamides is 1. The standard InChI is InChI=1S/C19H30N4O5S/c1-4-23(5-2)29(26,27)17-9-7-8-16(14-17)20-18(24)15-21-10-12-22(13-11-21)19(25)28-6-3/h7-9,14H,4-6,10-13,15H2,1-3H3,(H,20,24). The van der Waals surface area contributed by atoms with E-state index in [0.29, 0.717) is 51.6 Å². The highest BCUT2D eigenvalue weighted by Crippen LogP contribution is 2.19. The van der Waals surface area contributed by atoms with Crippen LogP contribution in [-0.4, -0.2) is 86.9 Å². The van der Waals surface area contributed by atoms with Crippen LogP contribution in [0.15, 0.2) is 29.2 Å². The molecule has 0 bridgehead atoms. The predicted octanol–water partition coefficient (Wildman–Crippen LogP) is 1.43. The van der Waals surface area contributed by atoms with Crippen molar-refractivity contribution in [3.8, 4) is 0 Å². The van der Waals surface area contributed by atoms with Gasteiger partial charge < -0.3 is 15.0 Å². The number of nitrogens with one attached hydrogen (secondary N) is 1. The summed E-state index contributed by atoms with van der Waals surface area (Å²) in [6.07, 6.45) is -0.331. The lowest BCUT2D eigenvalue weighted by Gasteiger charge is -2.33. The smallest absolute Gasteiger partial charge is 0.409 e. The van der Waals surface area contributed by atoms with Gasteiger partial charge in [0.25, 0.3) is 0 Å². The zero-order chi connectivity index (χ0) is 21.4. The number of carbonyl (C=O) groups is 2. The number of anilines is 1. The molecule has 0 saturated carbocycles. The summed E-state index contributed by atoms with van der Waals surface area (Å²) in [5.41, 5.74) is 0.438. The summed E-state index contributed by atoms with van der Waals surface area (Å²) in [5.74, 6) is -0.230. The summed E-state index contributed by atoms with van der Waals surface area (Å²) in [6, 6.07) is 6.28. The molecule has 0 aliphatic carbocycles. The van der Waals surface area contributed by atoms with Crippen LogP contribution in [0.1, 0.15) is 20.8 Å². The van der Waals surface area contributed by atoms with E-state index in [1.165, 1.54) is 16.4 Å². The lowest BCUT2D eigenvalue weighted by atomic mass is 10.3. The highest BCUT2D eigenvalue weighted by molar-refractivity contribution is 7.89. The van der Waals surface area contributed by atoms with Crippen LogP contribution in [0.3, 0.4) is 0 Å². The Morgan fingerprint density at radius 2 is 1.76 bits per heavy atom. The first kappa shape index (κ1) is 23.1. The molecule has 1 heterocycles. The molecule has 9 nitrogen and oxygen atoms in total. The van der Waals surface area contributed by atoms with Crippen LogP contribution in [0.5, 0.6) is 0 Å². The molecule has 0 unspecified atom stereocenters. The quantitative estimate of drug-likeness (QED) is 0.675. The van der Waals surface area contributed by atoms with Crippen LogP contribution >= 0.6 is 0 Å². The van der Waals surface area contributed by atoms with Crippen LogP contribution in [0.4, 0.5) is 10.5 Å². The Labute approximate surface area is 172 Å². The van der Waals surface area contributed by atoms with E-state index in [-0.39, 0.29) is 23.4 Å². The average Bonchev–Trinajstić information content (AvgIpc) is 2.69. The maximum absolute atomic E-state index is 12.6. The molecule has 0 spiro atoms. The Morgan fingerprint density at radius 1 is 1.10 bits per heavy atom. The van der Waals surface area contributed by atoms with Gasteiger partial charge in [0.15, 0.2) is 0 Å². The monoisotopic (exact) mass is 426 g/mol. The molecule has 1 aliphatic rings. The Kier molecular flexibility index (Phi) is 8.42. The highest BCUT2D eigenvalue weighted by Gasteiger charge is 2.24. The third-order valence-corrected chi connectivity index (χ3v) is 6.77. The van der Waals surface area contributed by atoms with E-state index >= 15 is 0 Å². The van der Waals surface area contributed by atoms with E-state index in [0.717, 1.165) is 0 Å². The molecule has 10 heteroatoms. The number of amides is 2. The van der Waals surface area contributed by atoms with Gasteiger partial charge in [-0.15, -0.1) is 0 Å². The third kappa shape index (κ3) is 6.15. The van der Waals surface area contributed by atoms with Gasteiger partial charge in [-0.1, -0.05) is 19.9 Å². The molecule has 162 valence electrons. The van der Waals surface area contributed by atoms with Gasteiger partial charge in [0.05, 0.1) is 18.0 Å². The van der Waals surface area contributed by atoms with Crippen molar-refractivity contribution in [1.82, 2.24) is 14.1 Å². The summed E-state index contributed by atoms with van der Waals surface area (Å²) in [7, 11) is -3.58. The molecule has 1 aromatic rings. The second-order valence-corrected chi connectivity index (χ2v) is 8.57. The molecule has 2 rings (SSSR count). The minimum absolute atomic E-state index is 0.155. The molecule has 0 aromatic heterocycles. The van der Waals surface area contributed by atoms with Crippen LogP contribution in [-0.2, 0) is 19.6 Å². The van der Waals surface area contributed by atoms with Crippen LogP contribution in [0.25, 0.3) is 0 Å². The van der Waals surface area contributed by atoms with E-state index < -0.39 is 10.0 Å². The van der Waals surface area contributed by atoms with E-state index in [2.05, 4.69) is 5.32 Å². The molecule has 0 radical (unpaired) electrons. The second-order valence-electron chi connectivity index (χ2n) is 6.63. The zero-order valence-corrected chi connectivity index (χ0v) is 18.1. The van der Waals surface area contributed by atoms with Crippen LogP contribution in [0.2, 0.25) is 0 Å². The summed E-state index contributed by atoms with van der Waals surface area (Å²) in [6.45, 7) is 8.76. The van der Waals surface area contributed by atoms with Crippen molar-refractivity contribution in [2.75, 3.05) is 57.7 Å². The summed E-state index contributed by atoms with van der Waals surface area (Å²) in [5, 5.41) is 2.76. The van der Waals surface area contributed by atoms with Crippen molar-refractivity contribution < 1.29 is 22.7 Å². The maximum Gasteiger partial charge on any atom is 0.409 e. The molecule has 2 amide bonds. The second kappa shape index (κ2) is 10.6. The van der Waals surface area contributed by atoms with Gasteiger partial charge >= 0.3 is 6.09 Å². The molecular weight excluding hydrogens is 396 g/mol. The fourth-order valence-electron chi connectivity index (χ4n) is 3.15. The normalized spacial score (nSPS) is 15.4. The van der Waals surface area contributed by atoms with E-state index in [4.69, 9.17) is 4.74 Å². The predicted molar refractivity (Wildman–Crippen MR) is 110 cm³/mol. The first-order valence-electron chi connectivity index (χ1n) is 9.85. The van der Waals surface area contributed by atoms with Gasteiger partial charge in [0.1, 0.15) is 0 Å². The van der Waals surface area contributed by atoms with Crippen LogP contribution < -0.4 is 5.32 Å². The Bertz CT molecular complexity index is 803. The van der Waals surface area contributed by atoms with Gasteiger partial charge in [-0.25, -0.2) is 13.2 Å². The molecule has 1 aromatic carbocycles. The fraction of sp³-hybridized carbons (Fsp3) is 0.579. The number of ether oxygens (including phenoxy) is 1. The van der Waals surface area contributed by atoms with Crippen LogP contribution in [0, 0.1) is 0 Å². The lowest BCUT2D eigenvalue weighted by molar-refractivity contribution is -0.117. The summed E-state index contributed by atoms with van der Waals surface area (Å²) in [4.78, 5) is 27.8. The number of nitrogens with zero attached hydrogens (tertiary/aromatic N) is 3. The molecule has 1 N–H and O–H groups in total. The number of carbonyl (C=O) groups excluding carboxylic acids is 2. The van der Waals surface area contributed by atoms with Crippen molar-refractivity contribution in [3.63, 3.8) is 0 Å². The summed E-state index contributed by atoms with van der Waals surface area (Å²) >= 11 is 0. The average molecular weight is 427 g/mol. The number of rotatable bonds is 8. The van der Waals surface area contributed by atoms with Gasteiger partial charge in [-0.05, 0) is 25.1 Å². The summed E-state index contributed by atoms with van der Waals surface area (Å²) < 4.78 is 31.6. The minimum Gasteiger partial charge on any atom is -0.450 e. The van der Waals surface area contributed by atoms with E-state index in [1.54, 1.807) is 37.8 Å². The SMILES string of the molecule is CCOC(=O)N1CCN(CC(=O)Nc2cccc(S(=O)(=O)N(CC)CC)c2)CC1. The Hall–Kier alpha value is -2.17. The van der Waals surface area contributed by atoms with Gasteiger partial charge in [0, 0.05) is 45.0 Å². The lowest BCUT2D eigenvalue weighted by Crippen LogP contribution is -2.50. The van der Waals surface area contributed by atoms with Gasteiger partial charge in [-0.2, -0.15) is 4.31 Å². The first-order chi connectivity index (χ1) is 13.8. The van der Waals surface area contributed by atoms with E-state index in [1.807, 2.05) is 4.90 Å². The van der Waals surface area contributed by atoms with Crippen molar-refractivity contribution in [2.24, 2.45) is 0 Å². The van der Waals surface area contributed by atoms with Crippen molar-refractivity contribution in [1.29, 1.82) is 0 Å². The van der Waals surface area contributed by atoms with Crippen molar-refractivity contribution >= 4 is 27.7 Å². The zero-order valence-electron chi connectivity index (χ0n) is 17.3. The topological polar surface area (TPSA) is 99.3 Å². The molecule has 29 heavy (non-hydrogen) atoms. The highest BCUT2D eigenvalue weighted by atomic mass is 32.2. The molecular formula is C19H30N4O5S. The third-order valence-electron chi connectivity index (χ3n) is 4.73. The maximum atomic E-state index is 12.6. The molecule has 1 aliphatic heterocycles. The Balaban J connectivity index is 1.93. The minimum atomic E-state index is -3.58. The fourth-order valence-corrected chi connectivity index (χ4v) is 4.66. The molecule has 1 fully saturated rings. The number of hydrogen-bond donors (Lipinski definition) is 1. The number of piperazine rings is 1. The van der Waals surface area contributed by atoms with E-state index in [9.17, 15) is 18.0 Å². The largest absolute Gasteiger partial charge is 0.450 e. The molecule has 0 atom stereocenters. The number of hydrogen-bond acceptors (Lipinski definition) is 6. The van der Waals surface area contributed by atoms with Gasteiger partial charge in [0.2, 0.25) is 15.9 Å². The molecule has 1 saturated heterocycles. The Morgan fingerprint density at radius 3 is 2.34 bits per heavy atom. The number of benzene rings is 1. The first-order valence-corrected chi connectivity index (χ1v) is 11.3. The van der Waals surface area contributed by atoms with Crippen molar-refractivity contribution in [2.45, 2.75) is 25.7 Å². The van der Waals surface area contributed by atoms with Crippen molar-refractivity contribution in [3.05, 3.63) is 24.3 Å².